The van der Waals surface area contributed by atoms with E-state index in [2.05, 4.69) is 30.7 Å². The van der Waals surface area contributed by atoms with E-state index < -0.39 is 24.9 Å². The zero-order valence-electron chi connectivity index (χ0n) is 19.9. The number of ether oxygens (including phenoxy) is 2. The first-order valence-corrected chi connectivity index (χ1v) is 11.7. The molecule has 2 fully saturated rings. The van der Waals surface area contributed by atoms with Gasteiger partial charge in [-0.25, -0.2) is 14.4 Å². The van der Waals surface area contributed by atoms with Gasteiger partial charge in [-0.1, -0.05) is 6.07 Å². The van der Waals surface area contributed by atoms with Crippen molar-refractivity contribution in [2.45, 2.75) is 30.9 Å². The monoisotopic (exact) mass is 522 g/mol. The molecule has 0 spiro atoms. The molecule has 3 N–H and O–H groups in total. The Hall–Kier alpha value is -3.52. The third-order valence-corrected chi connectivity index (χ3v) is 6.60. The van der Waals surface area contributed by atoms with Crippen LogP contribution in [0, 0.1) is 5.53 Å². The van der Waals surface area contributed by atoms with E-state index in [1.165, 1.54) is 23.8 Å². The average Bonchev–Trinajstić information content (AvgIpc) is 3.26. The lowest BCUT2D eigenvalue weighted by molar-refractivity contribution is -0.115. The van der Waals surface area contributed by atoms with Gasteiger partial charge in [0.1, 0.15) is 23.9 Å². The number of alkyl halides is 4. The van der Waals surface area contributed by atoms with Crippen LogP contribution in [0.15, 0.2) is 35.6 Å². The van der Waals surface area contributed by atoms with Gasteiger partial charge in [0, 0.05) is 24.8 Å². The number of nitrogens with one attached hydrogen (secondary N) is 3. The van der Waals surface area contributed by atoms with Gasteiger partial charge in [0.05, 0.1) is 38.1 Å². The van der Waals surface area contributed by atoms with E-state index in [9.17, 15) is 17.6 Å². The van der Waals surface area contributed by atoms with Crippen molar-refractivity contribution in [2.24, 2.45) is 5.11 Å². The number of likely N-dealkylation sites (tertiary alicyclic amines) is 1. The van der Waals surface area contributed by atoms with Gasteiger partial charge in [0.15, 0.2) is 0 Å². The number of anilines is 2. The van der Waals surface area contributed by atoms with Gasteiger partial charge in [0.25, 0.3) is 0 Å². The Morgan fingerprint density at radius 3 is 2.73 bits per heavy atom. The largest absolute Gasteiger partial charge is 0.479 e. The van der Waals surface area contributed by atoms with Crippen molar-refractivity contribution in [3.63, 3.8) is 0 Å². The third kappa shape index (κ3) is 5.30. The van der Waals surface area contributed by atoms with Crippen LogP contribution in [0.3, 0.4) is 0 Å². The normalized spacial score (nSPS) is 21.0. The van der Waals surface area contributed by atoms with E-state index >= 15 is 0 Å². The number of piperidine rings is 1. The zero-order chi connectivity index (χ0) is 26.2. The lowest BCUT2D eigenvalue weighted by atomic mass is 10.0. The first kappa shape index (κ1) is 25.1. The van der Waals surface area contributed by atoms with E-state index in [-0.39, 0.29) is 29.2 Å². The molecule has 0 bridgehead atoms. The second kappa shape index (κ2) is 10.1. The standard InChI is InChI=1S/C23H26F4N8O2/c1-36-21-20-15(13-2-3-18(32-28)19(8-13)29-12-23(25,26)27)4-7-35(20)33-22(31-21)30-17-5-6-34(9-16(17)24)14-10-37-11-14/h2-4,7-8,14,16-17,28-29H,5-6,9-12H2,1H3,(H,30,33)/t16-,17-/m0/s1. The number of nitrogens with zero attached hydrogens (tertiary/aromatic N) is 5. The molecule has 198 valence electrons. The summed E-state index contributed by atoms with van der Waals surface area (Å²) in [6.45, 7) is 1.06. The summed E-state index contributed by atoms with van der Waals surface area (Å²) >= 11 is 0. The summed E-state index contributed by atoms with van der Waals surface area (Å²) in [7, 11) is 1.44. The molecular formula is C23H26F4N8O2. The molecule has 2 aromatic heterocycles. The molecular weight excluding hydrogens is 496 g/mol. The predicted molar refractivity (Wildman–Crippen MR) is 127 cm³/mol. The first-order valence-electron chi connectivity index (χ1n) is 11.7. The zero-order valence-corrected chi connectivity index (χ0v) is 19.9. The summed E-state index contributed by atoms with van der Waals surface area (Å²) in [5.41, 5.74) is 9.05. The highest BCUT2D eigenvalue weighted by molar-refractivity contribution is 5.87. The van der Waals surface area contributed by atoms with Crippen LogP contribution in [0.4, 0.5) is 34.9 Å². The summed E-state index contributed by atoms with van der Waals surface area (Å²) in [6, 6.07) is 6.12. The third-order valence-electron chi connectivity index (χ3n) is 6.60. The van der Waals surface area contributed by atoms with Crippen LogP contribution in [0.25, 0.3) is 16.6 Å². The second-order valence-corrected chi connectivity index (χ2v) is 9.02. The molecule has 5 rings (SSSR count). The van der Waals surface area contributed by atoms with Crippen molar-refractivity contribution in [1.82, 2.24) is 19.5 Å². The summed E-state index contributed by atoms with van der Waals surface area (Å²) in [4.78, 5) is 6.54. The van der Waals surface area contributed by atoms with E-state index in [1.807, 2.05) is 0 Å². The highest BCUT2D eigenvalue weighted by Gasteiger charge is 2.36. The highest BCUT2D eigenvalue weighted by Crippen LogP contribution is 2.36. The quantitative estimate of drug-likeness (QED) is 0.299. The van der Waals surface area contributed by atoms with Crippen LogP contribution in [-0.4, -0.2) is 83.9 Å². The number of methoxy groups -OCH3 is 1. The Kier molecular flexibility index (Phi) is 6.86. The molecule has 2 saturated heterocycles. The number of fused-ring (bicyclic) bond motifs is 1. The first-order chi connectivity index (χ1) is 17.8. The van der Waals surface area contributed by atoms with Crippen LogP contribution >= 0.6 is 0 Å². The lowest BCUT2D eigenvalue weighted by Crippen LogP contribution is -2.57. The van der Waals surface area contributed by atoms with Gasteiger partial charge in [-0.05, 0) is 30.2 Å². The van der Waals surface area contributed by atoms with E-state index in [0.717, 1.165) is 6.54 Å². The molecule has 1 aromatic carbocycles. The number of benzene rings is 1. The Morgan fingerprint density at radius 1 is 1.27 bits per heavy atom. The smallest absolute Gasteiger partial charge is 0.405 e. The van der Waals surface area contributed by atoms with Crippen molar-refractivity contribution in [1.29, 1.82) is 5.53 Å². The van der Waals surface area contributed by atoms with Crippen LogP contribution in [0.5, 0.6) is 5.88 Å². The van der Waals surface area contributed by atoms with Crippen LogP contribution in [0.1, 0.15) is 6.42 Å². The molecule has 0 aliphatic carbocycles. The van der Waals surface area contributed by atoms with E-state index in [4.69, 9.17) is 15.0 Å². The molecule has 0 saturated carbocycles. The average molecular weight is 523 g/mol. The van der Waals surface area contributed by atoms with Crippen LogP contribution in [0.2, 0.25) is 0 Å². The summed E-state index contributed by atoms with van der Waals surface area (Å²) in [5, 5.41) is 13.2. The number of hydrogen-bond acceptors (Lipinski definition) is 9. The van der Waals surface area contributed by atoms with Crippen molar-refractivity contribution in [2.75, 3.05) is 50.6 Å². The van der Waals surface area contributed by atoms with Gasteiger partial charge in [-0.2, -0.15) is 23.3 Å². The van der Waals surface area contributed by atoms with Gasteiger partial charge >= 0.3 is 6.18 Å². The van der Waals surface area contributed by atoms with Crippen molar-refractivity contribution in [3.8, 4) is 17.0 Å². The molecule has 4 heterocycles. The number of halogens is 4. The van der Waals surface area contributed by atoms with Crippen molar-refractivity contribution >= 4 is 22.8 Å². The maximum absolute atomic E-state index is 14.9. The lowest BCUT2D eigenvalue weighted by Gasteiger charge is -2.42. The minimum absolute atomic E-state index is 0.0659. The van der Waals surface area contributed by atoms with Crippen molar-refractivity contribution < 1.29 is 27.0 Å². The molecule has 2 aliphatic heterocycles. The van der Waals surface area contributed by atoms with E-state index in [0.29, 0.717) is 42.8 Å². The Morgan fingerprint density at radius 2 is 2.08 bits per heavy atom. The molecule has 2 aliphatic rings. The van der Waals surface area contributed by atoms with Gasteiger partial charge in [-0.15, -0.1) is 5.10 Å². The van der Waals surface area contributed by atoms with E-state index in [1.54, 1.807) is 18.3 Å². The fraction of sp³-hybridized carbons (Fsp3) is 0.478. The number of aromatic nitrogens is 3. The number of rotatable bonds is 8. The predicted octanol–water partition coefficient (Wildman–Crippen LogP) is 4.26. The molecule has 37 heavy (non-hydrogen) atoms. The Labute approximate surface area is 209 Å². The molecule has 2 atom stereocenters. The topological polar surface area (TPSA) is 112 Å². The molecule has 0 amide bonds. The second-order valence-electron chi connectivity index (χ2n) is 9.02. The maximum Gasteiger partial charge on any atom is 0.405 e. The molecule has 10 nitrogen and oxygen atoms in total. The molecule has 0 radical (unpaired) electrons. The maximum atomic E-state index is 14.9. The SMILES string of the molecule is COc1nc(N[C@H]2CCN(C3COC3)C[C@@H]2F)nn2ccc(-c3ccc(N=N)c(NCC(F)(F)F)c3)c12. The van der Waals surface area contributed by atoms with Gasteiger partial charge < -0.3 is 20.1 Å². The highest BCUT2D eigenvalue weighted by atomic mass is 19.4. The summed E-state index contributed by atoms with van der Waals surface area (Å²) in [5.74, 6) is 0.423. The van der Waals surface area contributed by atoms with Crippen molar-refractivity contribution in [3.05, 3.63) is 30.5 Å². The Balaban J connectivity index is 1.39. The number of hydrogen-bond donors (Lipinski definition) is 3. The molecule has 14 heteroatoms. The fourth-order valence-corrected chi connectivity index (χ4v) is 4.59. The fourth-order valence-electron chi connectivity index (χ4n) is 4.59. The minimum atomic E-state index is -4.43. The Bertz CT molecular complexity index is 1280. The summed E-state index contributed by atoms with van der Waals surface area (Å²) < 4.78 is 65.4. The molecule has 3 aromatic rings. The van der Waals surface area contributed by atoms with Crippen LogP contribution in [-0.2, 0) is 4.74 Å². The minimum Gasteiger partial charge on any atom is -0.479 e. The molecule has 0 unspecified atom stereocenters. The van der Waals surface area contributed by atoms with Gasteiger partial charge in [0.2, 0.25) is 11.8 Å². The van der Waals surface area contributed by atoms with Crippen LogP contribution < -0.4 is 15.4 Å². The summed E-state index contributed by atoms with van der Waals surface area (Å²) in [6.07, 6.45) is -3.29. The van der Waals surface area contributed by atoms with Gasteiger partial charge in [-0.3, -0.25) is 4.90 Å².